The molecule has 14 nitrogen and oxygen atoms in total. The molecule has 1 atom stereocenters. The summed E-state index contributed by atoms with van der Waals surface area (Å²) in [6.45, 7) is 8.16. The molecule has 15 heteroatoms. The number of carbonyl (C=O) groups is 2. The number of fused-ring (bicyclic) bond motifs is 1. The van der Waals surface area contributed by atoms with Gasteiger partial charge in [-0.1, -0.05) is 24.3 Å². The number of likely N-dealkylation sites (tertiary alicyclic amines) is 1. The highest BCUT2D eigenvalue weighted by atomic mass is 32.2. The van der Waals surface area contributed by atoms with E-state index in [-0.39, 0.29) is 22.6 Å². The maximum absolute atomic E-state index is 12.3. The van der Waals surface area contributed by atoms with Crippen molar-refractivity contribution in [2.75, 3.05) is 68.8 Å². The third-order valence-corrected chi connectivity index (χ3v) is 11.9. The number of hydrogen-bond donors (Lipinski definition) is 2. The fourth-order valence-corrected chi connectivity index (χ4v) is 8.36. The standard InChI is InChI=1S/C38H44N10O4S/c1-53(51,52)32-4-2-3-28(23-32)34-25-40-36(37-39-13-16-47(34)37)42-29-24-41-48(26-29)31-11-14-44(15-12-31)17-18-45-19-21-46(22-20-45)30-7-5-27(6-8-30)33-9-10-35(49)43-38(33)50/h2-8,13,16,23-26,31,33H,9-12,14-15,17-22H2,1H3,(H,40,42)(H,43,49,50). The summed E-state index contributed by atoms with van der Waals surface area (Å²) in [5, 5.41) is 10.5. The van der Waals surface area contributed by atoms with Crippen molar-refractivity contribution in [3.05, 3.63) is 85.1 Å². The number of hydrogen-bond acceptors (Lipinski definition) is 11. The van der Waals surface area contributed by atoms with Gasteiger partial charge >= 0.3 is 0 Å². The molecule has 2 N–H and O–H groups in total. The maximum atomic E-state index is 12.3. The minimum atomic E-state index is -3.34. The summed E-state index contributed by atoms with van der Waals surface area (Å²) in [5.41, 5.74) is 5.10. The lowest BCUT2D eigenvalue weighted by Crippen LogP contribution is -2.49. The molecule has 6 heterocycles. The second-order valence-electron chi connectivity index (χ2n) is 14.2. The highest BCUT2D eigenvalue weighted by Gasteiger charge is 2.28. The first-order chi connectivity index (χ1) is 25.7. The molecule has 1 unspecified atom stereocenters. The Morgan fingerprint density at radius 3 is 2.38 bits per heavy atom. The number of imidazole rings is 1. The number of carbonyl (C=O) groups excluding carboxylic acids is 2. The van der Waals surface area contributed by atoms with E-state index in [2.05, 4.69) is 52.1 Å². The van der Waals surface area contributed by atoms with Gasteiger partial charge in [-0.25, -0.2) is 18.4 Å². The molecule has 3 fully saturated rings. The molecule has 8 rings (SSSR count). The van der Waals surface area contributed by atoms with Crippen molar-refractivity contribution in [1.82, 2.24) is 39.3 Å². The van der Waals surface area contributed by atoms with Crippen molar-refractivity contribution in [3.63, 3.8) is 0 Å². The van der Waals surface area contributed by atoms with E-state index < -0.39 is 9.84 Å². The summed E-state index contributed by atoms with van der Waals surface area (Å²) in [4.78, 5) is 40.7. The summed E-state index contributed by atoms with van der Waals surface area (Å²) in [5.74, 6) is -0.0267. The van der Waals surface area contributed by atoms with Crippen LogP contribution in [0.15, 0.2) is 84.4 Å². The first-order valence-electron chi connectivity index (χ1n) is 18.2. The first kappa shape index (κ1) is 34.9. The van der Waals surface area contributed by atoms with E-state index in [1.807, 2.05) is 41.2 Å². The number of sulfone groups is 1. The van der Waals surface area contributed by atoms with Crippen molar-refractivity contribution in [3.8, 4) is 11.3 Å². The minimum absolute atomic E-state index is 0.182. The smallest absolute Gasteiger partial charge is 0.234 e. The molecule has 53 heavy (non-hydrogen) atoms. The zero-order chi connectivity index (χ0) is 36.5. The monoisotopic (exact) mass is 736 g/mol. The van der Waals surface area contributed by atoms with Gasteiger partial charge in [-0.15, -0.1) is 0 Å². The normalized spacial score (nSPS) is 19.5. The Hall–Kier alpha value is -5.12. The highest BCUT2D eigenvalue weighted by Crippen LogP contribution is 2.30. The largest absolute Gasteiger partial charge is 0.369 e. The number of nitrogens with one attached hydrogen (secondary N) is 2. The van der Waals surface area contributed by atoms with Crippen LogP contribution in [0, 0.1) is 0 Å². The van der Waals surface area contributed by atoms with E-state index >= 15 is 0 Å². The molecule has 0 bridgehead atoms. The second-order valence-corrected chi connectivity index (χ2v) is 16.3. The van der Waals surface area contributed by atoms with Crippen LogP contribution in [0.4, 0.5) is 17.2 Å². The van der Waals surface area contributed by atoms with Gasteiger partial charge in [0.15, 0.2) is 21.3 Å². The molecular formula is C38H44N10O4S. The molecule has 3 aromatic heterocycles. The molecule has 0 spiro atoms. The third kappa shape index (κ3) is 7.68. The Balaban J connectivity index is 0.799. The minimum Gasteiger partial charge on any atom is -0.369 e. The Bertz CT molecular complexity index is 2220. The number of piperazine rings is 1. The predicted molar refractivity (Wildman–Crippen MR) is 202 cm³/mol. The van der Waals surface area contributed by atoms with Crippen molar-refractivity contribution >= 4 is 44.5 Å². The van der Waals surface area contributed by atoms with E-state index in [1.54, 1.807) is 30.6 Å². The summed E-state index contributed by atoms with van der Waals surface area (Å²) in [6.07, 6.45) is 13.4. The molecule has 3 aliphatic rings. The number of aromatic nitrogens is 5. The van der Waals surface area contributed by atoms with Crippen LogP contribution in [-0.2, 0) is 19.4 Å². The molecule has 0 radical (unpaired) electrons. The van der Waals surface area contributed by atoms with Gasteiger partial charge in [-0.3, -0.25) is 28.9 Å². The average molecular weight is 737 g/mol. The molecule has 0 saturated carbocycles. The lowest BCUT2D eigenvalue weighted by molar-refractivity contribution is -0.134. The summed E-state index contributed by atoms with van der Waals surface area (Å²) in [7, 11) is -3.34. The van der Waals surface area contributed by atoms with Gasteiger partial charge in [0.25, 0.3) is 0 Å². The maximum Gasteiger partial charge on any atom is 0.234 e. The predicted octanol–water partition coefficient (Wildman–Crippen LogP) is 3.72. The quantitative estimate of drug-likeness (QED) is 0.202. The Morgan fingerprint density at radius 1 is 0.887 bits per heavy atom. The van der Waals surface area contributed by atoms with Crippen LogP contribution in [0.3, 0.4) is 0 Å². The summed E-state index contributed by atoms with van der Waals surface area (Å²) >= 11 is 0. The van der Waals surface area contributed by atoms with Crippen molar-refractivity contribution in [2.24, 2.45) is 0 Å². The van der Waals surface area contributed by atoms with Crippen LogP contribution in [0.2, 0.25) is 0 Å². The Labute approximate surface area is 308 Å². The summed E-state index contributed by atoms with van der Waals surface area (Å²) < 4.78 is 28.2. The van der Waals surface area contributed by atoms with Crippen molar-refractivity contribution < 1.29 is 18.0 Å². The van der Waals surface area contributed by atoms with E-state index in [0.717, 1.165) is 87.7 Å². The van der Waals surface area contributed by atoms with E-state index in [9.17, 15) is 18.0 Å². The Kier molecular flexibility index (Phi) is 9.70. The van der Waals surface area contributed by atoms with Crippen molar-refractivity contribution in [2.45, 2.75) is 42.5 Å². The van der Waals surface area contributed by atoms with Gasteiger partial charge in [0.2, 0.25) is 11.8 Å². The number of imide groups is 1. The number of piperidine rings is 2. The SMILES string of the molecule is CS(=O)(=O)c1cccc(-c2cnc(Nc3cnn(C4CCN(CCN5CCN(c6ccc(C7CCC(=O)NC7=O)cc6)CC5)CC4)c3)c3nccn23)c1. The first-order valence-corrected chi connectivity index (χ1v) is 20.1. The van der Waals surface area contributed by atoms with Crippen LogP contribution >= 0.6 is 0 Å². The van der Waals surface area contributed by atoms with Crippen LogP contribution in [0.1, 0.15) is 43.2 Å². The summed E-state index contributed by atoms with van der Waals surface area (Å²) in [6, 6.07) is 15.5. The van der Waals surface area contributed by atoms with Gasteiger partial charge in [0, 0.05) is 94.9 Å². The van der Waals surface area contributed by atoms with Gasteiger partial charge in [-0.2, -0.15) is 5.10 Å². The number of amides is 2. The number of anilines is 3. The van der Waals surface area contributed by atoms with Crippen LogP contribution in [-0.4, -0.2) is 113 Å². The molecule has 5 aromatic rings. The Morgan fingerprint density at radius 2 is 1.64 bits per heavy atom. The van der Waals surface area contributed by atoms with Gasteiger partial charge in [-0.05, 0) is 49.1 Å². The van der Waals surface area contributed by atoms with Crippen LogP contribution in [0.25, 0.3) is 16.9 Å². The molecule has 2 aromatic carbocycles. The molecule has 3 saturated heterocycles. The van der Waals surface area contributed by atoms with Crippen LogP contribution < -0.4 is 15.5 Å². The van der Waals surface area contributed by atoms with Crippen LogP contribution in [0.5, 0.6) is 0 Å². The molecule has 0 aliphatic carbocycles. The van der Waals surface area contributed by atoms with Gasteiger partial charge < -0.3 is 15.1 Å². The highest BCUT2D eigenvalue weighted by molar-refractivity contribution is 7.90. The van der Waals surface area contributed by atoms with Gasteiger partial charge in [0.1, 0.15) is 0 Å². The zero-order valence-electron chi connectivity index (χ0n) is 29.8. The number of benzene rings is 2. The van der Waals surface area contributed by atoms with E-state index in [0.29, 0.717) is 30.3 Å². The second kappa shape index (κ2) is 14.7. The van der Waals surface area contributed by atoms with Crippen molar-refractivity contribution in [1.29, 1.82) is 0 Å². The number of nitrogens with zero attached hydrogens (tertiary/aromatic N) is 8. The average Bonchev–Trinajstić information content (AvgIpc) is 3.86. The topological polar surface area (TPSA) is 150 Å². The van der Waals surface area contributed by atoms with Gasteiger partial charge in [0.05, 0.1) is 40.6 Å². The molecular weight excluding hydrogens is 693 g/mol. The fraction of sp³-hybridized carbons (Fsp3) is 0.395. The van der Waals surface area contributed by atoms with E-state index in [4.69, 9.17) is 5.10 Å². The third-order valence-electron chi connectivity index (χ3n) is 10.8. The van der Waals surface area contributed by atoms with E-state index in [1.165, 1.54) is 11.9 Å². The number of rotatable bonds is 10. The lowest BCUT2D eigenvalue weighted by Gasteiger charge is -2.38. The zero-order valence-corrected chi connectivity index (χ0v) is 30.6. The molecule has 3 aliphatic heterocycles. The fourth-order valence-electron chi connectivity index (χ4n) is 7.69. The lowest BCUT2D eigenvalue weighted by atomic mass is 9.90. The molecule has 276 valence electrons. The molecule has 2 amide bonds.